The molecule has 1 rings (SSSR count). The van der Waals surface area contributed by atoms with Crippen LogP contribution in [0, 0.1) is 0 Å². The lowest BCUT2D eigenvalue weighted by atomic mass is 10.3. The molecular weight excluding hydrogens is 288 g/mol. The van der Waals surface area contributed by atoms with Gasteiger partial charge < -0.3 is 20.4 Å². The van der Waals surface area contributed by atoms with Crippen LogP contribution < -0.4 is 5.32 Å². The molecule has 0 atom stereocenters. The molecule has 0 aliphatic carbocycles. The zero-order valence-corrected chi connectivity index (χ0v) is 11.3. The van der Waals surface area contributed by atoms with E-state index in [1.807, 2.05) is 0 Å². The van der Waals surface area contributed by atoms with E-state index in [2.05, 4.69) is 5.32 Å². The predicted octanol–water partition coefficient (Wildman–Crippen LogP) is 0.318. The summed E-state index contributed by atoms with van der Waals surface area (Å²) >= 11 is 0.943. The maximum Gasteiger partial charge on any atom is 0.323 e. The van der Waals surface area contributed by atoms with Crippen molar-refractivity contribution in [3.63, 3.8) is 0 Å². The van der Waals surface area contributed by atoms with E-state index in [1.54, 1.807) is 0 Å². The van der Waals surface area contributed by atoms with Gasteiger partial charge in [-0.3, -0.25) is 19.2 Å². The first kappa shape index (κ1) is 15.6. The molecule has 0 fully saturated rings. The number of nitrogens with one attached hydrogen (secondary N) is 1. The number of anilines is 1. The Kier molecular flexibility index (Phi) is 5.21. The summed E-state index contributed by atoms with van der Waals surface area (Å²) in [5.41, 5.74) is 0. The summed E-state index contributed by atoms with van der Waals surface area (Å²) in [6.45, 7) is -0.112. The van der Waals surface area contributed by atoms with Crippen LogP contribution in [0.5, 0.6) is 0 Å². The van der Waals surface area contributed by atoms with Crippen molar-refractivity contribution in [1.82, 2.24) is 4.90 Å². The van der Waals surface area contributed by atoms with Crippen LogP contribution in [-0.2, 0) is 14.4 Å². The number of carboxylic acid groups (broad SMARTS) is 2. The third-order valence-corrected chi connectivity index (χ3v) is 3.04. The molecule has 0 aliphatic heterocycles. The Morgan fingerprint density at radius 2 is 1.70 bits per heavy atom. The monoisotopic (exact) mass is 300 g/mol. The molecule has 0 aromatic carbocycles. The van der Waals surface area contributed by atoms with Crippen molar-refractivity contribution >= 4 is 40.1 Å². The first-order chi connectivity index (χ1) is 9.29. The molecule has 20 heavy (non-hydrogen) atoms. The molecule has 0 spiro atoms. The first-order valence-electron chi connectivity index (χ1n) is 5.40. The van der Waals surface area contributed by atoms with E-state index in [0.29, 0.717) is 9.90 Å². The number of hydrogen-bond donors (Lipinski definition) is 3. The summed E-state index contributed by atoms with van der Waals surface area (Å²) in [4.78, 5) is 45.0. The summed E-state index contributed by atoms with van der Waals surface area (Å²) in [6.07, 6.45) is 0. The zero-order valence-electron chi connectivity index (χ0n) is 10.5. The van der Waals surface area contributed by atoms with Gasteiger partial charge in [0.25, 0.3) is 5.91 Å². The van der Waals surface area contributed by atoms with Crippen molar-refractivity contribution in [1.29, 1.82) is 0 Å². The summed E-state index contributed by atoms with van der Waals surface area (Å²) in [5, 5.41) is 20.3. The van der Waals surface area contributed by atoms with Crippen molar-refractivity contribution in [2.75, 3.05) is 18.4 Å². The number of aliphatic carboxylic acids is 2. The highest BCUT2D eigenvalue weighted by Crippen LogP contribution is 2.23. The Hall–Kier alpha value is -2.42. The van der Waals surface area contributed by atoms with Gasteiger partial charge in [0.15, 0.2) is 0 Å². The minimum atomic E-state index is -1.31. The second kappa shape index (κ2) is 6.66. The lowest BCUT2D eigenvalue weighted by molar-refractivity contribution is -0.140. The fraction of sp³-hybridized carbons (Fsp3) is 0.273. The number of nitrogens with zero attached hydrogens (tertiary/aromatic N) is 1. The predicted molar refractivity (Wildman–Crippen MR) is 69.8 cm³/mol. The lowest BCUT2D eigenvalue weighted by Crippen LogP contribution is -2.39. The SMILES string of the molecule is CC(=O)Nc1ccc(C(=O)N(CC(=O)O)CC(=O)O)s1. The maximum atomic E-state index is 12.0. The molecule has 1 heterocycles. The molecule has 2 amide bonds. The van der Waals surface area contributed by atoms with E-state index in [4.69, 9.17) is 10.2 Å². The van der Waals surface area contributed by atoms with Crippen LogP contribution in [0.1, 0.15) is 16.6 Å². The molecule has 1 aromatic rings. The summed E-state index contributed by atoms with van der Waals surface area (Å²) < 4.78 is 0. The van der Waals surface area contributed by atoms with Gasteiger partial charge in [0.2, 0.25) is 5.91 Å². The fourth-order valence-electron chi connectivity index (χ4n) is 1.38. The second-order valence-corrected chi connectivity index (χ2v) is 4.88. The molecule has 0 aliphatic rings. The van der Waals surface area contributed by atoms with Gasteiger partial charge in [-0.1, -0.05) is 0 Å². The Labute approximate surface area is 117 Å². The summed E-state index contributed by atoms with van der Waals surface area (Å²) in [5.74, 6) is -3.63. The number of thiophene rings is 1. The van der Waals surface area contributed by atoms with E-state index < -0.39 is 30.9 Å². The minimum Gasteiger partial charge on any atom is -0.480 e. The molecule has 0 bridgehead atoms. The second-order valence-electron chi connectivity index (χ2n) is 3.79. The van der Waals surface area contributed by atoms with Gasteiger partial charge in [0.1, 0.15) is 13.1 Å². The van der Waals surface area contributed by atoms with Crippen LogP contribution in [0.25, 0.3) is 0 Å². The Morgan fingerprint density at radius 3 is 2.15 bits per heavy atom. The third-order valence-electron chi connectivity index (χ3n) is 2.06. The molecular formula is C11H12N2O6S. The van der Waals surface area contributed by atoms with E-state index in [-0.39, 0.29) is 10.8 Å². The average Bonchev–Trinajstić information content (AvgIpc) is 2.73. The lowest BCUT2D eigenvalue weighted by Gasteiger charge is -2.17. The summed E-state index contributed by atoms with van der Waals surface area (Å²) in [7, 11) is 0. The normalized spacial score (nSPS) is 9.85. The van der Waals surface area contributed by atoms with Crippen LogP contribution in [0.2, 0.25) is 0 Å². The number of carbonyl (C=O) groups excluding carboxylic acids is 2. The summed E-state index contributed by atoms with van der Waals surface area (Å²) in [6, 6.07) is 2.88. The number of rotatable bonds is 6. The molecule has 0 unspecified atom stereocenters. The van der Waals surface area contributed by atoms with Gasteiger partial charge in [-0.25, -0.2) is 0 Å². The van der Waals surface area contributed by atoms with E-state index >= 15 is 0 Å². The average molecular weight is 300 g/mol. The minimum absolute atomic E-state index is 0.149. The molecule has 0 saturated carbocycles. The van der Waals surface area contributed by atoms with Crippen molar-refractivity contribution in [3.8, 4) is 0 Å². The van der Waals surface area contributed by atoms with Crippen molar-refractivity contribution in [3.05, 3.63) is 17.0 Å². The van der Waals surface area contributed by atoms with Gasteiger partial charge in [0.05, 0.1) is 9.88 Å². The molecule has 108 valence electrons. The fourth-order valence-corrected chi connectivity index (χ4v) is 2.30. The quantitative estimate of drug-likeness (QED) is 0.695. The largest absolute Gasteiger partial charge is 0.480 e. The molecule has 9 heteroatoms. The Balaban J connectivity index is 2.87. The standard InChI is InChI=1S/C11H12N2O6S/c1-6(14)12-8-3-2-7(20-8)11(19)13(4-9(15)16)5-10(17)18/h2-3H,4-5H2,1H3,(H,12,14)(H,15,16)(H,17,18). The van der Waals surface area contributed by atoms with Crippen LogP contribution in [0.3, 0.4) is 0 Å². The highest BCUT2D eigenvalue weighted by molar-refractivity contribution is 7.18. The van der Waals surface area contributed by atoms with Gasteiger partial charge in [-0.2, -0.15) is 0 Å². The van der Waals surface area contributed by atoms with E-state index in [0.717, 1.165) is 11.3 Å². The first-order valence-corrected chi connectivity index (χ1v) is 6.21. The topological polar surface area (TPSA) is 124 Å². The maximum absolute atomic E-state index is 12.0. The molecule has 3 N–H and O–H groups in total. The van der Waals surface area contributed by atoms with Crippen molar-refractivity contribution in [2.24, 2.45) is 0 Å². The van der Waals surface area contributed by atoms with Gasteiger partial charge in [-0.15, -0.1) is 11.3 Å². The van der Waals surface area contributed by atoms with Gasteiger partial charge >= 0.3 is 11.9 Å². The number of carbonyl (C=O) groups is 4. The number of amides is 2. The number of hydrogen-bond acceptors (Lipinski definition) is 5. The smallest absolute Gasteiger partial charge is 0.323 e. The molecule has 8 nitrogen and oxygen atoms in total. The van der Waals surface area contributed by atoms with E-state index in [1.165, 1.54) is 19.1 Å². The Bertz CT molecular complexity index is 537. The van der Waals surface area contributed by atoms with Crippen LogP contribution >= 0.6 is 11.3 Å². The van der Waals surface area contributed by atoms with E-state index in [9.17, 15) is 19.2 Å². The highest BCUT2D eigenvalue weighted by atomic mass is 32.1. The van der Waals surface area contributed by atoms with Crippen LogP contribution in [0.4, 0.5) is 5.00 Å². The van der Waals surface area contributed by atoms with Gasteiger partial charge in [0, 0.05) is 6.92 Å². The van der Waals surface area contributed by atoms with Gasteiger partial charge in [-0.05, 0) is 12.1 Å². The molecule has 0 radical (unpaired) electrons. The number of carboxylic acids is 2. The molecule has 1 aromatic heterocycles. The highest BCUT2D eigenvalue weighted by Gasteiger charge is 2.22. The van der Waals surface area contributed by atoms with Crippen LogP contribution in [0.15, 0.2) is 12.1 Å². The molecule has 0 saturated heterocycles. The van der Waals surface area contributed by atoms with Crippen molar-refractivity contribution in [2.45, 2.75) is 6.92 Å². The van der Waals surface area contributed by atoms with Crippen molar-refractivity contribution < 1.29 is 29.4 Å². The zero-order chi connectivity index (χ0) is 15.3. The third kappa shape index (κ3) is 4.69. The Morgan fingerprint density at radius 1 is 1.15 bits per heavy atom. The van der Waals surface area contributed by atoms with Crippen LogP contribution in [-0.4, -0.2) is 52.0 Å².